The number of aromatic nitrogens is 2. The van der Waals surface area contributed by atoms with E-state index in [0.29, 0.717) is 32.0 Å². The molecule has 27 heavy (non-hydrogen) atoms. The molecule has 0 radical (unpaired) electrons. The smallest absolute Gasteiger partial charge is 0.224 e. The van der Waals surface area contributed by atoms with Gasteiger partial charge in [-0.2, -0.15) is 5.10 Å². The van der Waals surface area contributed by atoms with Gasteiger partial charge in [0.05, 0.1) is 12.2 Å². The SMILES string of the molecule is CCNC(=NCc1ccnn1C)NCCC(=O)N(C)Cc1ccccc1Br. The summed E-state index contributed by atoms with van der Waals surface area (Å²) < 4.78 is 2.81. The van der Waals surface area contributed by atoms with Crippen molar-refractivity contribution in [3.63, 3.8) is 0 Å². The highest BCUT2D eigenvalue weighted by Crippen LogP contribution is 2.17. The van der Waals surface area contributed by atoms with E-state index in [1.54, 1.807) is 15.8 Å². The standard InChI is InChI=1S/C19H27BrN6O/c1-4-21-19(23-13-16-9-12-24-26(16)3)22-11-10-18(27)25(2)14-15-7-5-6-8-17(15)20/h5-9,12H,4,10-11,13-14H2,1-3H3,(H2,21,22,23). The molecule has 0 aliphatic heterocycles. The molecule has 1 amide bonds. The lowest BCUT2D eigenvalue weighted by Crippen LogP contribution is -2.39. The molecule has 0 aliphatic carbocycles. The van der Waals surface area contributed by atoms with Crippen molar-refractivity contribution in [1.29, 1.82) is 0 Å². The van der Waals surface area contributed by atoms with Gasteiger partial charge in [-0.15, -0.1) is 0 Å². The van der Waals surface area contributed by atoms with Crippen LogP contribution in [-0.4, -0.2) is 46.7 Å². The van der Waals surface area contributed by atoms with Gasteiger partial charge in [0, 0.05) is 50.8 Å². The molecule has 7 nitrogen and oxygen atoms in total. The van der Waals surface area contributed by atoms with Crippen LogP contribution in [0.4, 0.5) is 0 Å². The first-order valence-electron chi connectivity index (χ1n) is 8.97. The van der Waals surface area contributed by atoms with Crippen LogP contribution in [0.15, 0.2) is 46.0 Å². The minimum Gasteiger partial charge on any atom is -0.357 e. The third kappa shape index (κ3) is 6.71. The molecule has 146 valence electrons. The molecule has 0 saturated carbocycles. The van der Waals surface area contributed by atoms with Crippen molar-refractivity contribution in [1.82, 2.24) is 25.3 Å². The second-order valence-electron chi connectivity index (χ2n) is 6.16. The highest BCUT2D eigenvalue weighted by Gasteiger charge is 2.11. The Balaban J connectivity index is 1.82. The van der Waals surface area contributed by atoms with Crippen molar-refractivity contribution >= 4 is 27.8 Å². The zero-order valence-corrected chi connectivity index (χ0v) is 17.7. The summed E-state index contributed by atoms with van der Waals surface area (Å²) in [4.78, 5) is 18.7. The van der Waals surface area contributed by atoms with Crippen LogP contribution in [0.25, 0.3) is 0 Å². The number of benzene rings is 1. The van der Waals surface area contributed by atoms with Crippen LogP contribution >= 0.6 is 15.9 Å². The molecule has 2 aromatic rings. The summed E-state index contributed by atoms with van der Waals surface area (Å²) in [6.45, 7) is 4.40. The van der Waals surface area contributed by atoms with E-state index in [-0.39, 0.29) is 5.91 Å². The van der Waals surface area contributed by atoms with E-state index in [4.69, 9.17) is 0 Å². The van der Waals surface area contributed by atoms with Crippen LogP contribution in [0.1, 0.15) is 24.6 Å². The molecule has 0 spiro atoms. The summed E-state index contributed by atoms with van der Waals surface area (Å²) in [6, 6.07) is 9.87. The van der Waals surface area contributed by atoms with Crippen LogP contribution in [0.5, 0.6) is 0 Å². The summed E-state index contributed by atoms with van der Waals surface area (Å²) in [5, 5.41) is 10.5. The predicted octanol–water partition coefficient (Wildman–Crippen LogP) is 2.29. The molecule has 2 rings (SSSR count). The fraction of sp³-hybridized carbons (Fsp3) is 0.421. The molecule has 0 unspecified atom stereocenters. The summed E-state index contributed by atoms with van der Waals surface area (Å²) in [5.41, 5.74) is 2.11. The Kier molecular flexibility index (Phi) is 8.32. The number of aryl methyl sites for hydroxylation is 1. The average Bonchev–Trinajstić information content (AvgIpc) is 3.06. The lowest BCUT2D eigenvalue weighted by molar-refractivity contribution is -0.130. The van der Waals surface area contributed by atoms with Crippen molar-refractivity contribution in [2.24, 2.45) is 12.0 Å². The zero-order valence-electron chi connectivity index (χ0n) is 16.1. The number of hydrogen-bond donors (Lipinski definition) is 2. The number of carbonyl (C=O) groups excluding carboxylic acids is 1. The number of nitrogens with zero attached hydrogens (tertiary/aromatic N) is 4. The minimum absolute atomic E-state index is 0.0840. The first kappa shape index (κ1) is 21.0. The van der Waals surface area contributed by atoms with Crippen molar-refractivity contribution in [3.8, 4) is 0 Å². The second kappa shape index (κ2) is 10.7. The van der Waals surface area contributed by atoms with Gasteiger partial charge in [0.1, 0.15) is 0 Å². The second-order valence-corrected chi connectivity index (χ2v) is 7.01. The number of guanidine groups is 1. The monoisotopic (exact) mass is 434 g/mol. The Bertz CT molecular complexity index is 773. The molecular formula is C19H27BrN6O. The molecule has 1 aromatic heterocycles. The fourth-order valence-corrected chi connectivity index (χ4v) is 2.92. The molecule has 1 heterocycles. The number of amides is 1. The maximum Gasteiger partial charge on any atom is 0.224 e. The third-order valence-corrected chi connectivity index (χ3v) is 4.86. The van der Waals surface area contributed by atoms with E-state index in [2.05, 4.69) is 36.7 Å². The average molecular weight is 435 g/mol. The summed E-state index contributed by atoms with van der Waals surface area (Å²) in [5.74, 6) is 0.778. The minimum atomic E-state index is 0.0840. The highest BCUT2D eigenvalue weighted by atomic mass is 79.9. The molecule has 1 aromatic carbocycles. The molecule has 8 heteroatoms. The number of carbonyl (C=O) groups is 1. The maximum atomic E-state index is 12.4. The maximum absolute atomic E-state index is 12.4. The highest BCUT2D eigenvalue weighted by molar-refractivity contribution is 9.10. The van der Waals surface area contributed by atoms with Gasteiger partial charge in [-0.05, 0) is 24.6 Å². The lowest BCUT2D eigenvalue weighted by Gasteiger charge is -2.19. The summed E-state index contributed by atoms with van der Waals surface area (Å²) in [7, 11) is 3.72. The van der Waals surface area contributed by atoms with Gasteiger partial charge < -0.3 is 15.5 Å². The van der Waals surface area contributed by atoms with Crippen molar-refractivity contribution in [3.05, 3.63) is 52.3 Å². The Morgan fingerprint density at radius 3 is 2.74 bits per heavy atom. The van der Waals surface area contributed by atoms with Crippen LogP contribution in [0.2, 0.25) is 0 Å². The van der Waals surface area contributed by atoms with Crippen LogP contribution in [-0.2, 0) is 24.9 Å². The molecular weight excluding hydrogens is 408 g/mol. The number of halogens is 1. The molecule has 0 atom stereocenters. The van der Waals surface area contributed by atoms with Gasteiger partial charge in [0.25, 0.3) is 0 Å². The molecule has 2 N–H and O–H groups in total. The number of aliphatic imine (C=N–C) groups is 1. The number of hydrogen-bond acceptors (Lipinski definition) is 3. The van der Waals surface area contributed by atoms with E-state index in [0.717, 1.165) is 22.3 Å². The van der Waals surface area contributed by atoms with Gasteiger partial charge in [-0.3, -0.25) is 9.48 Å². The van der Waals surface area contributed by atoms with Crippen LogP contribution in [0.3, 0.4) is 0 Å². The fourth-order valence-electron chi connectivity index (χ4n) is 2.51. The van der Waals surface area contributed by atoms with E-state index < -0.39 is 0 Å². The van der Waals surface area contributed by atoms with Gasteiger partial charge >= 0.3 is 0 Å². The Morgan fingerprint density at radius 2 is 2.07 bits per heavy atom. The van der Waals surface area contributed by atoms with Gasteiger partial charge in [-0.1, -0.05) is 34.1 Å². The Morgan fingerprint density at radius 1 is 1.30 bits per heavy atom. The van der Waals surface area contributed by atoms with E-state index in [1.807, 2.05) is 51.4 Å². The topological polar surface area (TPSA) is 74.5 Å². The molecule has 0 saturated heterocycles. The van der Waals surface area contributed by atoms with E-state index >= 15 is 0 Å². The molecule has 0 aliphatic rings. The normalized spacial score (nSPS) is 11.3. The molecule has 0 bridgehead atoms. The van der Waals surface area contributed by atoms with Crippen LogP contribution < -0.4 is 10.6 Å². The summed E-state index contributed by atoms with van der Waals surface area (Å²) >= 11 is 3.52. The Labute approximate surface area is 169 Å². The quantitative estimate of drug-likeness (QED) is 0.493. The first-order chi connectivity index (χ1) is 13.0. The number of nitrogens with one attached hydrogen (secondary N) is 2. The van der Waals surface area contributed by atoms with E-state index in [1.165, 1.54) is 0 Å². The predicted molar refractivity (Wildman–Crippen MR) is 111 cm³/mol. The lowest BCUT2D eigenvalue weighted by atomic mass is 10.2. The van der Waals surface area contributed by atoms with Crippen molar-refractivity contribution in [2.45, 2.75) is 26.4 Å². The van der Waals surface area contributed by atoms with Gasteiger partial charge in [0.2, 0.25) is 5.91 Å². The third-order valence-electron chi connectivity index (χ3n) is 4.09. The zero-order chi connectivity index (χ0) is 19.6. The van der Waals surface area contributed by atoms with Gasteiger partial charge in [-0.25, -0.2) is 4.99 Å². The Hall–Kier alpha value is -2.35. The van der Waals surface area contributed by atoms with Crippen molar-refractivity contribution < 1.29 is 4.79 Å². The molecule has 0 fully saturated rings. The van der Waals surface area contributed by atoms with Gasteiger partial charge in [0.15, 0.2) is 5.96 Å². The largest absolute Gasteiger partial charge is 0.357 e. The van der Waals surface area contributed by atoms with Crippen molar-refractivity contribution in [2.75, 3.05) is 20.1 Å². The number of rotatable bonds is 8. The van der Waals surface area contributed by atoms with E-state index in [9.17, 15) is 4.79 Å². The van der Waals surface area contributed by atoms with Crippen LogP contribution in [0, 0.1) is 0 Å². The summed E-state index contributed by atoms with van der Waals surface area (Å²) in [6.07, 6.45) is 2.15. The first-order valence-corrected chi connectivity index (χ1v) is 9.77.